The van der Waals surface area contributed by atoms with Crippen molar-refractivity contribution in [2.45, 2.75) is 6.42 Å². The molecule has 0 aromatic heterocycles. The lowest BCUT2D eigenvalue weighted by Crippen LogP contribution is -2.29. The molecule has 0 heterocycles. The third-order valence-electron chi connectivity index (χ3n) is 4.04. The zero-order chi connectivity index (χ0) is 17.5. The van der Waals surface area contributed by atoms with Gasteiger partial charge in [-0.05, 0) is 17.4 Å². The number of benzene rings is 3. The summed E-state index contributed by atoms with van der Waals surface area (Å²) in [5, 5.41) is 18.3. The second-order valence-corrected chi connectivity index (χ2v) is 5.83. The fourth-order valence-electron chi connectivity index (χ4n) is 2.69. The summed E-state index contributed by atoms with van der Waals surface area (Å²) >= 11 is 0. The van der Waals surface area contributed by atoms with Gasteiger partial charge in [0, 0.05) is 17.7 Å². The van der Waals surface area contributed by atoms with Gasteiger partial charge in [0.1, 0.15) is 0 Å². The SMILES string of the molecule is OB(O)c1ccc(CCN=C(c2ccccc2)c2ccccc2)cc1. The summed E-state index contributed by atoms with van der Waals surface area (Å²) < 4.78 is 0. The summed E-state index contributed by atoms with van der Waals surface area (Å²) in [6.45, 7) is 0.667. The van der Waals surface area contributed by atoms with Crippen LogP contribution >= 0.6 is 0 Å². The predicted molar refractivity (Wildman–Crippen MR) is 103 cm³/mol. The van der Waals surface area contributed by atoms with E-state index in [0.29, 0.717) is 12.0 Å². The van der Waals surface area contributed by atoms with Gasteiger partial charge in [0.2, 0.25) is 0 Å². The quantitative estimate of drug-likeness (QED) is 0.539. The molecule has 0 aliphatic rings. The van der Waals surface area contributed by atoms with Crippen LogP contribution in [0.5, 0.6) is 0 Å². The van der Waals surface area contributed by atoms with Gasteiger partial charge in [0.05, 0.1) is 5.71 Å². The van der Waals surface area contributed by atoms with E-state index < -0.39 is 7.12 Å². The Balaban J connectivity index is 1.77. The molecule has 0 atom stereocenters. The first-order valence-electron chi connectivity index (χ1n) is 8.34. The number of hydrogen-bond donors (Lipinski definition) is 2. The highest BCUT2D eigenvalue weighted by molar-refractivity contribution is 6.58. The van der Waals surface area contributed by atoms with Gasteiger partial charge in [-0.2, -0.15) is 0 Å². The highest BCUT2D eigenvalue weighted by Crippen LogP contribution is 2.11. The van der Waals surface area contributed by atoms with E-state index in [1.165, 1.54) is 0 Å². The molecule has 3 rings (SSSR count). The Bertz CT molecular complexity index is 774. The van der Waals surface area contributed by atoms with Crippen molar-refractivity contribution in [3.8, 4) is 0 Å². The van der Waals surface area contributed by atoms with Crippen molar-refractivity contribution in [2.75, 3.05) is 6.54 Å². The van der Waals surface area contributed by atoms with Gasteiger partial charge in [0.15, 0.2) is 0 Å². The highest BCUT2D eigenvalue weighted by Gasteiger charge is 2.10. The maximum absolute atomic E-state index is 9.15. The maximum Gasteiger partial charge on any atom is 0.488 e. The topological polar surface area (TPSA) is 52.8 Å². The first kappa shape index (κ1) is 17.1. The average Bonchev–Trinajstić information content (AvgIpc) is 2.67. The fraction of sp³-hybridized carbons (Fsp3) is 0.0952. The van der Waals surface area contributed by atoms with Gasteiger partial charge in [-0.25, -0.2) is 0 Å². The van der Waals surface area contributed by atoms with Crippen molar-refractivity contribution >= 4 is 18.3 Å². The monoisotopic (exact) mass is 329 g/mol. The van der Waals surface area contributed by atoms with E-state index in [-0.39, 0.29) is 0 Å². The average molecular weight is 329 g/mol. The third-order valence-corrected chi connectivity index (χ3v) is 4.04. The van der Waals surface area contributed by atoms with Crippen molar-refractivity contribution in [2.24, 2.45) is 4.99 Å². The molecule has 2 N–H and O–H groups in total. The molecule has 3 nitrogen and oxygen atoms in total. The molecule has 0 saturated carbocycles. The lowest BCUT2D eigenvalue weighted by atomic mass is 9.80. The van der Waals surface area contributed by atoms with Crippen LogP contribution in [0.15, 0.2) is 89.9 Å². The molecule has 4 heteroatoms. The Labute approximate surface area is 148 Å². The molecule has 0 bridgehead atoms. The van der Waals surface area contributed by atoms with E-state index in [1.807, 2.05) is 48.5 Å². The van der Waals surface area contributed by atoms with Crippen molar-refractivity contribution in [3.05, 3.63) is 102 Å². The molecular formula is C21H20BNO2. The molecule has 3 aromatic carbocycles. The van der Waals surface area contributed by atoms with E-state index in [1.54, 1.807) is 12.1 Å². The van der Waals surface area contributed by atoms with Gasteiger partial charge in [-0.15, -0.1) is 0 Å². The summed E-state index contributed by atoms with van der Waals surface area (Å²) in [6, 6.07) is 27.7. The van der Waals surface area contributed by atoms with Crippen LogP contribution in [0.4, 0.5) is 0 Å². The molecule has 0 saturated heterocycles. The molecule has 0 spiro atoms. The summed E-state index contributed by atoms with van der Waals surface area (Å²) in [5.74, 6) is 0. The second kappa shape index (κ2) is 8.42. The Morgan fingerprint density at radius 3 is 1.72 bits per heavy atom. The largest absolute Gasteiger partial charge is 0.488 e. The lowest BCUT2D eigenvalue weighted by Gasteiger charge is -2.08. The lowest BCUT2D eigenvalue weighted by molar-refractivity contribution is 0.426. The van der Waals surface area contributed by atoms with E-state index in [9.17, 15) is 0 Å². The normalized spacial score (nSPS) is 10.3. The molecule has 3 aromatic rings. The molecule has 124 valence electrons. The second-order valence-electron chi connectivity index (χ2n) is 5.83. The summed E-state index contributed by atoms with van der Waals surface area (Å²) in [5.41, 5.74) is 4.82. The van der Waals surface area contributed by atoms with E-state index in [0.717, 1.165) is 28.8 Å². The van der Waals surface area contributed by atoms with Crippen LogP contribution in [0.1, 0.15) is 16.7 Å². The number of rotatable bonds is 6. The van der Waals surface area contributed by atoms with Crippen LogP contribution in [0.3, 0.4) is 0 Å². The minimum atomic E-state index is -1.42. The van der Waals surface area contributed by atoms with Crippen LogP contribution in [0.25, 0.3) is 0 Å². The molecule has 25 heavy (non-hydrogen) atoms. The first-order valence-corrected chi connectivity index (χ1v) is 8.34. The molecule has 0 aliphatic heterocycles. The van der Waals surface area contributed by atoms with Crippen LogP contribution in [-0.2, 0) is 6.42 Å². The van der Waals surface area contributed by atoms with Crippen LogP contribution < -0.4 is 5.46 Å². The Kier molecular flexibility index (Phi) is 5.78. The molecule has 0 fully saturated rings. The fourth-order valence-corrected chi connectivity index (χ4v) is 2.69. The van der Waals surface area contributed by atoms with Gasteiger partial charge in [-0.3, -0.25) is 4.99 Å². The molecular weight excluding hydrogens is 309 g/mol. The summed E-state index contributed by atoms with van der Waals surface area (Å²) in [4.78, 5) is 4.83. The van der Waals surface area contributed by atoms with Crippen molar-refractivity contribution < 1.29 is 10.0 Å². The van der Waals surface area contributed by atoms with Gasteiger partial charge in [0.25, 0.3) is 0 Å². The molecule has 0 radical (unpaired) electrons. The van der Waals surface area contributed by atoms with Crippen LogP contribution in [0.2, 0.25) is 0 Å². The Morgan fingerprint density at radius 1 is 0.720 bits per heavy atom. The van der Waals surface area contributed by atoms with E-state index >= 15 is 0 Å². The summed E-state index contributed by atoms with van der Waals surface area (Å²) in [6.07, 6.45) is 0.797. The van der Waals surface area contributed by atoms with Crippen molar-refractivity contribution in [1.29, 1.82) is 0 Å². The Morgan fingerprint density at radius 2 is 1.24 bits per heavy atom. The zero-order valence-corrected chi connectivity index (χ0v) is 13.9. The number of hydrogen-bond acceptors (Lipinski definition) is 3. The number of nitrogens with zero attached hydrogens (tertiary/aromatic N) is 1. The predicted octanol–water partition coefficient (Wildman–Crippen LogP) is 2.45. The van der Waals surface area contributed by atoms with E-state index in [4.69, 9.17) is 15.0 Å². The van der Waals surface area contributed by atoms with Gasteiger partial charge >= 0.3 is 7.12 Å². The summed E-state index contributed by atoms with van der Waals surface area (Å²) in [7, 11) is -1.42. The van der Waals surface area contributed by atoms with Crippen molar-refractivity contribution in [3.63, 3.8) is 0 Å². The maximum atomic E-state index is 9.15. The molecule has 0 unspecified atom stereocenters. The smallest absolute Gasteiger partial charge is 0.423 e. The highest BCUT2D eigenvalue weighted by atomic mass is 16.4. The molecule has 0 amide bonds. The van der Waals surface area contributed by atoms with E-state index in [2.05, 4.69) is 24.3 Å². The minimum absolute atomic E-state index is 0.501. The minimum Gasteiger partial charge on any atom is -0.423 e. The van der Waals surface area contributed by atoms with Gasteiger partial charge in [-0.1, -0.05) is 84.9 Å². The number of aliphatic imine (C=N–C) groups is 1. The van der Waals surface area contributed by atoms with Crippen LogP contribution in [-0.4, -0.2) is 29.4 Å². The first-order chi connectivity index (χ1) is 12.2. The Hall–Kier alpha value is -2.69. The van der Waals surface area contributed by atoms with Gasteiger partial charge < -0.3 is 10.0 Å². The standard InChI is InChI=1S/C21H20BNO2/c24-22(25)20-13-11-17(12-14-20)15-16-23-21(18-7-3-1-4-8-18)19-9-5-2-6-10-19/h1-14,24-25H,15-16H2. The molecule has 0 aliphatic carbocycles. The zero-order valence-electron chi connectivity index (χ0n) is 13.9. The van der Waals surface area contributed by atoms with Crippen molar-refractivity contribution in [1.82, 2.24) is 0 Å². The van der Waals surface area contributed by atoms with Crippen LogP contribution in [0, 0.1) is 0 Å². The third kappa shape index (κ3) is 4.66.